The van der Waals surface area contributed by atoms with Gasteiger partial charge in [0.25, 0.3) is 0 Å². The Balaban J connectivity index is 2.66. The number of hydrogen-bond donors (Lipinski definition) is 2. The van der Waals surface area contributed by atoms with E-state index in [2.05, 4.69) is 17.4 Å². The lowest BCUT2D eigenvalue weighted by Gasteiger charge is -2.03. The quantitative estimate of drug-likeness (QED) is 0.648. The normalized spacial score (nSPS) is 10.2. The maximum atomic E-state index is 5.68. The van der Waals surface area contributed by atoms with Crippen LogP contribution in [0.4, 0.5) is 11.4 Å². The summed E-state index contributed by atoms with van der Waals surface area (Å²) in [5.74, 6) is 0. The molecule has 0 fully saturated rings. The van der Waals surface area contributed by atoms with E-state index in [1.807, 2.05) is 31.3 Å². The smallest absolute Gasteiger partial charge is 0.0343 e. The fourth-order valence-corrected chi connectivity index (χ4v) is 1.42. The summed E-state index contributed by atoms with van der Waals surface area (Å²) in [5.41, 5.74) is 7.61. The molecule has 13 heavy (non-hydrogen) atoms. The first-order valence-electron chi connectivity index (χ1n) is 4.26. The summed E-state index contributed by atoms with van der Waals surface area (Å²) in [4.78, 5) is 0. The van der Waals surface area contributed by atoms with Crippen molar-refractivity contribution < 1.29 is 0 Å². The second-order valence-electron chi connectivity index (χ2n) is 3.07. The van der Waals surface area contributed by atoms with Crippen LogP contribution in [0.5, 0.6) is 0 Å². The van der Waals surface area contributed by atoms with Crippen molar-refractivity contribution in [2.75, 3.05) is 18.1 Å². The van der Waals surface area contributed by atoms with E-state index in [1.165, 1.54) is 10.8 Å². The van der Waals surface area contributed by atoms with Gasteiger partial charge in [0.05, 0.1) is 0 Å². The molecule has 3 N–H and O–H groups in total. The predicted octanol–water partition coefficient (Wildman–Crippen LogP) is 2.46. The first kappa shape index (κ1) is 7.92. The predicted molar refractivity (Wildman–Crippen MR) is 57.9 cm³/mol. The highest BCUT2D eigenvalue weighted by molar-refractivity contribution is 5.88. The van der Waals surface area contributed by atoms with Gasteiger partial charge in [-0.3, -0.25) is 0 Å². The van der Waals surface area contributed by atoms with E-state index in [-0.39, 0.29) is 0 Å². The first-order chi connectivity index (χ1) is 6.29. The monoisotopic (exact) mass is 172 g/mol. The number of hydrogen-bond acceptors (Lipinski definition) is 2. The molecule has 2 rings (SSSR count). The number of fused-ring (bicyclic) bond motifs is 1. The van der Waals surface area contributed by atoms with Crippen LogP contribution in [0.1, 0.15) is 0 Å². The molecule has 0 heterocycles. The van der Waals surface area contributed by atoms with Gasteiger partial charge in [-0.2, -0.15) is 0 Å². The van der Waals surface area contributed by atoms with E-state index in [0.29, 0.717) is 0 Å². The molecule has 0 aliphatic rings. The summed E-state index contributed by atoms with van der Waals surface area (Å²) < 4.78 is 0. The molecule has 2 nitrogen and oxygen atoms in total. The van der Waals surface area contributed by atoms with Gasteiger partial charge < -0.3 is 11.1 Å². The molecule has 66 valence electrons. The number of benzene rings is 2. The lowest BCUT2D eigenvalue weighted by molar-refractivity contribution is 1.53. The molecule has 2 heteroatoms. The van der Waals surface area contributed by atoms with Crippen molar-refractivity contribution in [1.29, 1.82) is 0 Å². The summed E-state index contributed by atoms with van der Waals surface area (Å²) in [6.45, 7) is 0. The molecule has 2 aromatic carbocycles. The minimum atomic E-state index is 0.810. The summed E-state index contributed by atoms with van der Waals surface area (Å²) in [6.07, 6.45) is 0. The average Bonchev–Trinajstić information content (AvgIpc) is 2.17. The molecule has 0 saturated heterocycles. The Morgan fingerprint density at radius 1 is 1.00 bits per heavy atom. The van der Waals surface area contributed by atoms with Crippen LogP contribution in [0.15, 0.2) is 36.4 Å². The maximum Gasteiger partial charge on any atom is 0.0343 e. The Hall–Kier alpha value is -1.70. The van der Waals surface area contributed by atoms with Crippen molar-refractivity contribution in [2.24, 2.45) is 0 Å². The molecular formula is C11H12N2. The van der Waals surface area contributed by atoms with Crippen LogP contribution in [0.25, 0.3) is 10.8 Å². The Labute approximate surface area is 77.4 Å². The fourth-order valence-electron chi connectivity index (χ4n) is 1.42. The lowest BCUT2D eigenvalue weighted by Crippen LogP contribution is -1.88. The molecular weight excluding hydrogens is 160 g/mol. The lowest BCUT2D eigenvalue weighted by atomic mass is 10.1. The van der Waals surface area contributed by atoms with Crippen LogP contribution < -0.4 is 11.1 Å². The minimum absolute atomic E-state index is 0.810. The van der Waals surface area contributed by atoms with Crippen LogP contribution in [0.3, 0.4) is 0 Å². The van der Waals surface area contributed by atoms with Crippen molar-refractivity contribution in [3.63, 3.8) is 0 Å². The third-order valence-electron chi connectivity index (χ3n) is 2.15. The summed E-state index contributed by atoms with van der Waals surface area (Å²) in [5, 5.41) is 5.49. The zero-order valence-electron chi connectivity index (χ0n) is 7.54. The molecule has 0 amide bonds. The van der Waals surface area contributed by atoms with Gasteiger partial charge in [-0.1, -0.05) is 12.1 Å². The van der Waals surface area contributed by atoms with E-state index in [0.717, 1.165) is 11.4 Å². The molecule has 0 atom stereocenters. The average molecular weight is 172 g/mol. The van der Waals surface area contributed by atoms with Crippen molar-refractivity contribution in [2.45, 2.75) is 0 Å². The second kappa shape index (κ2) is 2.98. The number of rotatable bonds is 1. The number of nitrogens with one attached hydrogen (secondary N) is 1. The van der Waals surface area contributed by atoms with E-state index in [4.69, 9.17) is 5.73 Å². The van der Waals surface area contributed by atoms with Crippen LogP contribution >= 0.6 is 0 Å². The van der Waals surface area contributed by atoms with Crippen molar-refractivity contribution in [3.05, 3.63) is 36.4 Å². The van der Waals surface area contributed by atoms with Crippen LogP contribution in [-0.2, 0) is 0 Å². The Morgan fingerprint density at radius 3 is 2.46 bits per heavy atom. The molecule has 0 spiro atoms. The van der Waals surface area contributed by atoms with Gasteiger partial charge in [0, 0.05) is 18.4 Å². The summed E-state index contributed by atoms with van der Waals surface area (Å²) >= 11 is 0. The van der Waals surface area contributed by atoms with Gasteiger partial charge in [0.1, 0.15) is 0 Å². The number of nitrogen functional groups attached to an aromatic ring is 1. The molecule has 0 aromatic heterocycles. The van der Waals surface area contributed by atoms with Gasteiger partial charge in [0.2, 0.25) is 0 Å². The highest BCUT2D eigenvalue weighted by Gasteiger charge is 1.94. The minimum Gasteiger partial charge on any atom is -0.399 e. The zero-order chi connectivity index (χ0) is 9.26. The molecule has 0 bridgehead atoms. The molecule has 0 aliphatic carbocycles. The maximum absolute atomic E-state index is 5.68. The van der Waals surface area contributed by atoms with Crippen LogP contribution in [-0.4, -0.2) is 7.05 Å². The van der Waals surface area contributed by atoms with Gasteiger partial charge in [-0.25, -0.2) is 0 Å². The van der Waals surface area contributed by atoms with Crippen LogP contribution in [0, 0.1) is 0 Å². The van der Waals surface area contributed by atoms with Crippen LogP contribution in [0.2, 0.25) is 0 Å². The number of anilines is 2. The van der Waals surface area contributed by atoms with Crippen molar-refractivity contribution in [1.82, 2.24) is 0 Å². The van der Waals surface area contributed by atoms with E-state index in [1.54, 1.807) is 0 Å². The highest BCUT2D eigenvalue weighted by Crippen LogP contribution is 2.20. The molecule has 0 radical (unpaired) electrons. The van der Waals surface area contributed by atoms with E-state index in [9.17, 15) is 0 Å². The second-order valence-corrected chi connectivity index (χ2v) is 3.07. The van der Waals surface area contributed by atoms with Crippen molar-refractivity contribution in [3.8, 4) is 0 Å². The Kier molecular flexibility index (Phi) is 1.81. The highest BCUT2D eigenvalue weighted by atomic mass is 14.8. The topological polar surface area (TPSA) is 38.0 Å². The summed E-state index contributed by atoms with van der Waals surface area (Å²) in [7, 11) is 1.92. The van der Waals surface area contributed by atoms with Crippen molar-refractivity contribution >= 4 is 22.1 Å². The number of nitrogens with two attached hydrogens (primary N) is 1. The van der Waals surface area contributed by atoms with Gasteiger partial charge in [0.15, 0.2) is 0 Å². The van der Waals surface area contributed by atoms with E-state index < -0.39 is 0 Å². The fraction of sp³-hybridized carbons (Fsp3) is 0.0909. The van der Waals surface area contributed by atoms with Gasteiger partial charge in [-0.15, -0.1) is 0 Å². The SMILES string of the molecule is CNc1ccc2cc(N)ccc2c1. The third-order valence-corrected chi connectivity index (χ3v) is 2.15. The molecule has 0 aliphatic heterocycles. The van der Waals surface area contributed by atoms with E-state index >= 15 is 0 Å². The van der Waals surface area contributed by atoms with Gasteiger partial charge in [-0.05, 0) is 35.0 Å². The standard InChI is InChI=1S/C11H12N2/c1-13-11-5-3-8-6-10(12)4-2-9(8)7-11/h2-7,13H,12H2,1H3. The zero-order valence-corrected chi connectivity index (χ0v) is 7.54. The third kappa shape index (κ3) is 1.43. The molecule has 0 saturated carbocycles. The Morgan fingerprint density at radius 2 is 1.69 bits per heavy atom. The summed E-state index contributed by atoms with van der Waals surface area (Å²) in [6, 6.07) is 12.1. The molecule has 2 aromatic rings. The first-order valence-corrected chi connectivity index (χ1v) is 4.26. The largest absolute Gasteiger partial charge is 0.399 e. The molecule has 0 unspecified atom stereocenters. The van der Waals surface area contributed by atoms with Gasteiger partial charge >= 0.3 is 0 Å². The Bertz CT molecular complexity index is 435.